The van der Waals surface area contributed by atoms with Gasteiger partial charge in [0.15, 0.2) is 0 Å². The number of hydrogen-bond donors (Lipinski definition) is 3. The molecular formula is C36H69NO3. The molecule has 2 unspecified atom stereocenters. The first-order chi connectivity index (χ1) is 19.7. The first kappa shape index (κ1) is 38.9. The van der Waals surface area contributed by atoms with Gasteiger partial charge in [0.1, 0.15) is 0 Å². The molecule has 236 valence electrons. The molecule has 0 heterocycles. The van der Waals surface area contributed by atoms with E-state index in [0.717, 1.165) is 32.1 Å². The molecule has 1 amide bonds. The van der Waals surface area contributed by atoms with Crippen molar-refractivity contribution in [2.45, 2.75) is 193 Å². The topological polar surface area (TPSA) is 69.6 Å². The van der Waals surface area contributed by atoms with Gasteiger partial charge in [-0.25, -0.2) is 0 Å². The molecule has 4 heteroatoms. The van der Waals surface area contributed by atoms with Crippen LogP contribution in [0.25, 0.3) is 0 Å². The average molecular weight is 564 g/mol. The van der Waals surface area contributed by atoms with Gasteiger partial charge in [-0.05, 0) is 44.9 Å². The molecule has 0 saturated heterocycles. The van der Waals surface area contributed by atoms with Gasteiger partial charge in [-0.15, -0.1) is 0 Å². The number of unbranched alkanes of at least 4 members (excludes halogenated alkanes) is 22. The van der Waals surface area contributed by atoms with Crippen molar-refractivity contribution < 1.29 is 15.0 Å². The summed E-state index contributed by atoms with van der Waals surface area (Å²) in [5, 5.41) is 22.8. The summed E-state index contributed by atoms with van der Waals surface area (Å²) < 4.78 is 0. The van der Waals surface area contributed by atoms with Crippen LogP contribution in [0.5, 0.6) is 0 Å². The number of hydrogen-bond acceptors (Lipinski definition) is 3. The van der Waals surface area contributed by atoms with Gasteiger partial charge in [0.2, 0.25) is 5.91 Å². The first-order valence-electron chi connectivity index (χ1n) is 17.6. The molecule has 0 radical (unpaired) electrons. The first-order valence-corrected chi connectivity index (χ1v) is 17.6. The Bertz CT molecular complexity index is 574. The van der Waals surface area contributed by atoms with Crippen molar-refractivity contribution in [1.82, 2.24) is 5.32 Å². The Hall–Kier alpha value is -1.13. The second-order valence-corrected chi connectivity index (χ2v) is 11.9. The van der Waals surface area contributed by atoms with Gasteiger partial charge >= 0.3 is 0 Å². The van der Waals surface area contributed by atoms with Gasteiger partial charge in [0.05, 0.1) is 18.8 Å². The van der Waals surface area contributed by atoms with E-state index in [1.54, 1.807) is 6.08 Å². The number of rotatable bonds is 31. The van der Waals surface area contributed by atoms with Crippen LogP contribution in [0.1, 0.15) is 181 Å². The minimum Gasteiger partial charge on any atom is -0.394 e. The summed E-state index contributed by atoms with van der Waals surface area (Å²) in [7, 11) is 0. The zero-order valence-electron chi connectivity index (χ0n) is 26.9. The highest BCUT2D eigenvalue weighted by molar-refractivity contribution is 5.76. The van der Waals surface area contributed by atoms with Gasteiger partial charge in [-0.1, -0.05) is 154 Å². The molecule has 4 nitrogen and oxygen atoms in total. The van der Waals surface area contributed by atoms with Gasteiger partial charge in [0.25, 0.3) is 0 Å². The van der Waals surface area contributed by atoms with E-state index >= 15 is 0 Å². The number of amides is 1. The van der Waals surface area contributed by atoms with Crippen molar-refractivity contribution >= 4 is 5.91 Å². The monoisotopic (exact) mass is 564 g/mol. The summed E-state index contributed by atoms with van der Waals surface area (Å²) >= 11 is 0. The van der Waals surface area contributed by atoms with E-state index < -0.39 is 12.1 Å². The highest BCUT2D eigenvalue weighted by Gasteiger charge is 2.17. The standard InChI is InChI=1S/C36H69NO3/c1-3-5-7-9-11-13-15-17-18-20-22-24-26-28-30-32-36(40)37-34(33-38)35(39)31-29-27-25-23-21-19-16-14-12-10-8-6-4-2/h17-18,29,31,34-35,38-39H,3-16,19-28,30,32-33H2,1-2H3,(H,37,40). The van der Waals surface area contributed by atoms with Crippen LogP contribution in [-0.2, 0) is 4.79 Å². The number of allylic oxidation sites excluding steroid dienone is 3. The molecule has 0 fully saturated rings. The van der Waals surface area contributed by atoms with E-state index in [1.165, 1.54) is 128 Å². The maximum atomic E-state index is 12.3. The molecule has 0 aromatic rings. The SMILES string of the molecule is CCCCCCCCC=CCCCCCCCC(=O)NC(CO)C(O)C=CCCCCCCCCCCCCC. The number of aliphatic hydroxyl groups is 2. The van der Waals surface area contributed by atoms with Gasteiger partial charge in [-0.2, -0.15) is 0 Å². The molecule has 0 rings (SSSR count). The van der Waals surface area contributed by atoms with Gasteiger partial charge in [-0.3, -0.25) is 4.79 Å². The van der Waals surface area contributed by atoms with Crippen LogP contribution >= 0.6 is 0 Å². The maximum absolute atomic E-state index is 12.3. The van der Waals surface area contributed by atoms with E-state index in [9.17, 15) is 15.0 Å². The molecule has 0 aliphatic rings. The molecule has 0 aromatic heterocycles. The van der Waals surface area contributed by atoms with Crippen LogP contribution < -0.4 is 5.32 Å². The van der Waals surface area contributed by atoms with Crippen molar-refractivity contribution in [1.29, 1.82) is 0 Å². The van der Waals surface area contributed by atoms with Crippen LogP contribution in [0.2, 0.25) is 0 Å². The maximum Gasteiger partial charge on any atom is 0.220 e. The summed E-state index contributed by atoms with van der Waals surface area (Å²) in [5.74, 6) is -0.0745. The lowest BCUT2D eigenvalue weighted by Crippen LogP contribution is -2.45. The minimum atomic E-state index is -0.837. The Morgan fingerprint density at radius 1 is 0.575 bits per heavy atom. The zero-order valence-corrected chi connectivity index (χ0v) is 26.9. The quantitative estimate of drug-likeness (QED) is 0.0580. The zero-order chi connectivity index (χ0) is 29.4. The summed E-state index contributed by atoms with van der Waals surface area (Å²) in [6.07, 6.45) is 39.7. The predicted molar refractivity (Wildman–Crippen MR) is 175 cm³/mol. The van der Waals surface area contributed by atoms with Crippen molar-refractivity contribution in [3.63, 3.8) is 0 Å². The summed E-state index contributed by atoms with van der Waals surface area (Å²) in [4.78, 5) is 12.3. The van der Waals surface area contributed by atoms with Crippen molar-refractivity contribution in [3.8, 4) is 0 Å². The van der Waals surface area contributed by atoms with Crippen molar-refractivity contribution in [3.05, 3.63) is 24.3 Å². The fourth-order valence-corrected chi connectivity index (χ4v) is 5.17. The lowest BCUT2D eigenvalue weighted by Gasteiger charge is -2.20. The Labute approximate surface area is 249 Å². The predicted octanol–water partition coefficient (Wildman–Crippen LogP) is 10.1. The molecule has 0 saturated carbocycles. The summed E-state index contributed by atoms with van der Waals surface area (Å²) in [5.41, 5.74) is 0. The smallest absolute Gasteiger partial charge is 0.220 e. The fourth-order valence-electron chi connectivity index (χ4n) is 5.17. The van der Waals surface area contributed by atoms with E-state index in [2.05, 4.69) is 31.3 Å². The van der Waals surface area contributed by atoms with Crippen LogP contribution in [-0.4, -0.2) is 34.9 Å². The number of aliphatic hydroxyl groups excluding tert-OH is 2. The number of carbonyl (C=O) groups is 1. The summed E-state index contributed by atoms with van der Waals surface area (Å²) in [6, 6.07) is -0.621. The molecule has 3 N–H and O–H groups in total. The van der Waals surface area contributed by atoms with E-state index in [-0.39, 0.29) is 12.5 Å². The van der Waals surface area contributed by atoms with Crippen LogP contribution in [0, 0.1) is 0 Å². The highest BCUT2D eigenvalue weighted by atomic mass is 16.3. The third kappa shape index (κ3) is 28.4. The average Bonchev–Trinajstić information content (AvgIpc) is 2.96. The third-order valence-corrected chi connectivity index (χ3v) is 7.93. The van der Waals surface area contributed by atoms with Crippen LogP contribution in [0.3, 0.4) is 0 Å². The van der Waals surface area contributed by atoms with E-state index in [4.69, 9.17) is 0 Å². The summed E-state index contributed by atoms with van der Waals surface area (Å²) in [6.45, 7) is 4.28. The fraction of sp³-hybridized carbons (Fsp3) is 0.861. The molecule has 0 spiro atoms. The largest absolute Gasteiger partial charge is 0.394 e. The Morgan fingerprint density at radius 2 is 0.950 bits per heavy atom. The Kier molecular flexibility index (Phi) is 31.5. The molecule has 40 heavy (non-hydrogen) atoms. The Balaban J connectivity index is 3.65. The van der Waals surface area contributed by atoms with E-state index in [1.807, 2.05) is 6.08 Å². The van der Waals surface area contributed by atoms with Crippen molar-refractivity contribution in [2.24, 2.45) is 0 Å². The Morgan fingerprint density at radius 3 is 1.38 bits per heavy atom. The minimum absolute atomic E-state index is 0.0745. The number of nitrogens with one attached hydrogen (secondary N) is 1. The van der Waals surface area contributed by atoms with E-state index in [0.29, 0.717) is 6.42 Å². The molecule has 2 atom stereocenters. The lowest BCUT2D eigenvalue weighted by molar-refractivity contribution is -0.123. The molecule has 0 aliphatic heterocycles. The van der Waals surface area contributed by atoms with Crippen LogP contribution in [0.4, 0.5) is 0 Å². The number of carbonyl (C=O) groups excluding carboxylic acids is 1. The lowest BCUT2D eigenvalue weighted by atomic mass is 10.0. The van der Waals surface area contributed by atoms with Gasteiger partial charge < -0.3 is 15.5 Å². The normalized spacial score (nSPS) is 13.4. The molecule has 0 aliphatic carbocycles. The van der Waals surface area contributed by atoms with Crippen molar-refractivity contribution in [2.75, 3.05) is 6.61 Å². The molecule has 0 bridgehead atoms. The third-order valence-electron chi connectivity index (χ3n) is 7.93. The van der Waals surface area contributed by atoms with Gasteiger partial charge in [0, 0.05) is 6.42 Å². The molecule has 0 aromatic carbocycles. The second-order valence-electron chi connectivity index (χ2n) is 11.9. The highest BCUT2D eigenvalue weighted by Crippen LogP contribution is 2.13. The molecular weight excluding hydrogens is 494 g/mol. The second kappa shape index (κ2) is 32.4. The van der Waals surface area contributed by atoms with Crippen LogP contribution in [0.15, 0.2) is 24.3 Å².